The minimum atomic E-state index is -0.268. The fourth-order valence-corrected chi connectivity index (χ4v) is 3.31. The van der Waals surface area contributed by atoms with Crippen molar-refractivity contribution in [3.63, 3.8) is 0 Å². The molecule has 1 N–H and O–H groups in total. The first kappa shape index (κ1) is 20.1. The second-order valence-electron chi connectivity index (χ2n) is 6.93. The number of fused-ring (bicyclic) bond motifs is 1. The SMILES string of the molecule is CCNC(=NCCc1cc(F)cc2c1OCOC2)N(C)Cc1ccccc1C. The van der Waals surface area contributed by atoms with Gasteiger partial charge in [-0.1, -0.05) is 24.3 Å². The normalized spacial score (nSPS) is 13.6. The molecule has 0 amide bonds. The highest BCUT2D eigenvalue weighted by atomic mass is 19.1. The number of aryl methyl sites for hydroxylation is 1. The molecule has 0 spiro atoms. The van der Waals surface area contributed by atoms with E-state index in [0.29, 0.717) is 19.6 Å². The monoisotopic (exact) mass is 385 g/mol. The minimum absolute atomic E-state index is 0.205. The van der Waals surface area contributed by atoms with Crippen LogP contribution in [0.25, 0.3) is 0 Å². The number of rotatable bonds is 6. The van der Waals surface area contributed by atoms with E-state index in [-0.39, 0.29) is 12.6 Å². The molecule has 0 radical (unpaired) electrons. The predicted octanol–water partition coefficient (Wildman–Crippen LogP) is 3.64. The molecule has 2 aromatic carbocycles. The number of aliphatic imine (C=N–C) groups is 1. The van der Waals surface area contributed by atoms with Crippen LogP contribution in [0.1, 0.15) is 29.2 Å². The van der Waals surface area contributed by atoms with Gasteiger partial charge in [0.15, 0.2) is 12.8 Å². The quantitative estimate of drug-likeness (QED) is 0.609. The Morgan fingerprint density at radius 1 is 1.25 bits per heavy atom. The first-order valence-corrected chi connectivity index (χ1v) is 9.64. The molecule has 0 aliphatic carbocycles. The molecule has 2 aromatic rings. The number of hydrogen-bond acceptors (Lipinski definition) is 3. The number of benzene rings is 2. The molecule has 28 heavy (non-hydrogen) atoms. The molecule has 0 unspecified atom stereocenters. The zero-order chi connectivity index (χ0) is 19.9. The van der Waals surface area contributed by atoms with Gasteiger partial charge >= 0.3 is 0 Å². The fourth-order valence-electron chi connectivity index (χ4n) is 3.31. The number of halogens is 1. The van der Waals surface area contributed by atoms with Crippen LogP contribution in [0.2, 0.25) is 0 Å². The third kappa shape index (κ3) is 5.01. The van der Waals surface area contributed by atoms with E-state index in [4.69, 9.17) is 14.5 Å². The number of ether oxygens (including phenoxy) is 2. The van der Waals surface area contributed by atoms with Crippen molar-refractivity contribution < 1.29 is 13.9 Å². The summed E-state index contributed by atoms with van der Waals surface area (Å²) in [5, 5.41) is 3.33. The van der Waals surface area contributed by atoms with Gasteiger partial charge in [0.2, 0.25) is 0 Å². The Morgan fingerprint density at radius 2 is 2.07 bits per heavy atom. The molecule has 1 aliphatic rings. The molecule has 0 atom stereocenters. The smallest absolute Gasteiger partial charge is 0.193 e. The molecule has 5 nitrogen and oxygen atoms in total. The summed E-state index contributed by atoms with van der Waals surface area (Å²) < 4.78 is 24.7. The van der Waals surface area contributed by atoms with Crippen molar-refractivity contribution in [2.24, 2.45) is 4.99 Å². The van der Waals surface area contributed by atoms with Gasteiger partial charge in [-0.15, -0.1) is 0 Å². The molecular weight excluding hydrogens is 357 g/mol. The molecule has 0 aromatic heterocycles. The Bertz CT molecular complexity index is 839. The van der Waals surface area contributed by atoms with Crippen molar-refractivity contribution in [1.82, 2.24) is 10.2 Å². The lowest BCUT2D eigenvalue weighted by Crippen LogP contribution is -2.38. The molecule has 1 aliphatic heterocycles. The van der Waals surface area contributed by atoms with Gasteiger partial charge in [0.1, 0.15) is 11.6 Å². The Kier molecular flexibility index (Phi) is 6.87. The van der Waals surface area contributed by atoms with E-state index in [0.717, 1.165) is 35.9 Å². The van der Waals surface area contributed by atoms with E-state index in [1.54, 1.807) is 0 Å². The van der Waals surface area contributed by atoms with Crippen LogP contribution < -0.4 is 10.1 Å². The summed E-state index contributed by atoms with van der Waals surface area (Å²) in [6.07, 6.45) is 0.604. The second kappa shape index (κ2) is 9.55. The summed E-state index contributed by atoms with van der Waals surface area (Å²) in [6.45, 7) is 6.85. The van der Waals surface area contributed by atoms with Crippen LogP contribution in [-0.4, -0.2) is 37.8 Å². The zero-order valence-corrected chi connectivity index (χ0v) is 16.8. The van der Waals surface area contributed by atoms with Crippen LogP contribution in [0.15, 0.2) is 41.4 Å². The zero-order valence-electron chi connectivity index (χ0n) is 16.8. The summed E-state index contributed by atoms with van der Waals surface area (Å²) in [6, 6.07) is 11.4. The Labute approximate surface area is 166 Å². The lowest BCUT2D eigenvalue weighted by atomic mass is 10.1. The van der Waals surface area contributed by atoms with Crippen LogP contribution in [0.5, 0.6) is 5.75 Å². The molecule has 0 fully saturated rings. The minimum Gasteiger partial charge on any atom is -0.467 e. The third-order valence-electron chi connectivity index (χ3n) is 4.76. The van der Waals surface area contributed by atoms with Crippen LogP contribution in [-0.2, 0) is 24.3 Å². The van der Waals surface area contributed by atoms with Gasteiger partial charge in [-0.25, -0.2) is 4.39 Å². The van der Waals surface area contributed by atoms with Gasteiger partial charge in [-0.2, -0.15) is 0 Å². The molecule has 0 saturated heterocycles. The maximum absolute atomic E-state index is 13.9. The molecule has 1 heterocycles. The molecular formula is C22H28FN3O2. The Hall–Kier alpha value is -2.60. The maximum atomic E-state index is 13.9. The summed E-state index contributed by atoms with van der Waals surface area (Å²) in [4.78, 5) is 6.84. The van der Waals surface area contributed by atoms with Crippen LogP contribution in [0.3, 0.4) is 0 Å². The standard InChI is InChI=1S/C22H28FN3O2/c1-4-24-22(26(3)13-18-8-6-5-7-16(18)2)25-10-9-17-11-20(23)12-19-14-27-15-28-21(17)19/h5-8,11-12H,4,9-10,13-15H2,1-3H3,(H,24,25). The topological polar surface area (TPSA) is 46.1 Å². The van der Waals surface area contributed by atoms with Gasteiger partial charge in [-0.05, 0) is 49.1 Å². The van der Waals surface area contributed by atoms with Crippen molar-refractivity contribution in [3.8, 4) is 5.75 Å². The van der Waals surface area contributed by atoms with Crippen molar-refractivity contribution in [2.75, 3.05) is 26.9 Å². The van der Waals surface area contributed by atoms with Crippen molar-refractivity contribution >= 4 is 5.96 Å². The molecule has 0 saturated carbocycles. The van der Waals surface area contributed by atoms with E-state index < -0.39 is 0 Å². The molecule has 3 rings (SSSR count). The average molecular weight is 385 g/mol. The fraction of sp³-hybridized carbons (Fsp3) is 0.409. The van der Waals surface area contributed by atoms with E-state index >= 15 is 0 Å². The largest absolute Gasteiger partial charge is 0.467 e. The number of nitrogens with zero attached hydrogens (tertiary/aromatic N) is 2. The average Bonchev–Trinajstić information content (AvgIpc) is 2.68. The lowest BCUT2D eigenvalue weighted by molar-refractivity contribution is -0.0172. The van der Waals surface area contributed by atoms with Crippen LogP contribution in [0, 0.1) is 12.7 Å². The maximum Gasteiger partial charge on any atom is 0.193 e. The van der Waals surface area contributed by atoms with Gasteiger partial charge in [0, 0.05) is 32.2 Å². The highest BCUT2D eigenvalue weighted by Gasteiger charge is 2.17. The van der Waals surface area contributed by atoms with Crippen LogP contribution >= 0.6 is 0 Å². The summed E-state index contributed by atoms with van der Waals surface area (Å²) in [5.74, 6) is 1.30. The van der Waals surface area contributed by atoms with Gasteiger partial charge < -0.3 is 19.7 Å². The van der Waals surface area contributed by atoms with Crippen molar-refractivity contribution in [1.29, 1.82) is 0 Å². The van der Waals surface area contributed by atoms with Crippen molar-refractivity contribution in [3.05, 3.63) is 64.5 Å². The number of nitrogens with one attached hydrogen (secondary N) is 1. The molecule has 6 heteroatoms. The van der Waals surface area contributed by atoms with Gasteiger partial charge in [-0.3, -0.25) is 4.99 Å². The van der Waals surface area contributed by atoms with E-state index in [2.05, 4.69) is 35.3 Å². The third-order valence-corrected chi connectivity index (χ3v) is 4.76. The Morgan fingerprint density at radius 3 is 2.86 bits per heavy atom. The van der Waals surface area contributed by atoms with Crippen molar-refractivity contribution in [2.45, 2.75) is 33.4 Å². The van der Waals surface area contributed by atoms with Gasteiger partial charge in [0.05, 0.1) is 6.61 Å². The summed E-state index contributed by atoms with van der Waals surface area (Å²) in [7, 11) is 2.03. The molecule has 0 bridgehead atoms. The predicted molar refractivity (Wildman–Crippen MR) is 109 cm³/mol. The highest BCUT2D eigenvalue weighted by Crippen LogP contribution is 2.29. The second-order valence-corrected chi connectivity index (χ2v) is 6.93. The highest BCUT2D eigenvalue weighted by molar-refractivity contribution is 5.79. The van der Waals surface area contributed by atoms with E-state index in [1.165, 1.54) is 23.3 Å². The van der Waals surface area contributed by atoms with E-state index in [1.807, 2.05) is 20.0 Å². The molecule has 150 valence electrons. The first-order chi connectivity index (χ1) is 13.6. The summed E-state index contributed by atoms with van der Waals surface area (Å²) in [5.41, 5.74) is 4.12. The van der Waals surface area contributed by atoms with E-state index in [9.17, 15) is 4.39 Å². The van der Waals surface area contributed by atoms with Crippen LogP contribution in [0.4, 0.5) is 4.39 Å². The number of hydrogen-bond donors (Lipinski definition) is 1. The first-order valence-electron chi connectivity index (χ1n) is 9.64. The summed E-state index contributed by atoms with van der Waals surface area (Å²) >= 11 is 0. The lowest BCUT2D eigenvalue weighted by Gasteiger charge is -2.23. The number of guanidine groups is 1. The Balaban J connectivity index is 1.70. The van der Waals surface area contributed by atoms with Gasteiger partial charge in [0.25, 0.3) is 0 Å².